The van der Waals surface area contributed by atoms with Crippen molar-refractivity contribution in [3.05, 3.63) is 66.2 Å². The summed E-state index contributed by atoms with van der Waals surface area (Å²) in [5.41, 5.74) is 0.327. The van der Waals surface area contributed by atoms with E-state index in [2.05, 4.69) is 10.0 Å². The number of nitrogens with one attached hydrogen (secondary N) is 2. The Bertz CT molecular complexity index is 1260. The van der Waals surface area contributed by atoms with Gasteiger partial charge in [-0.25, -0.2) is 8.42 Å². The zero-order chi connectivity index (χ0) is 22.8. The Hall–Kier alpha value is -2.61. The van der Waals surface area contributed by atoms with Gasteiger partial charge in [-0.2, -0.15) is 0 Å². The second kappa shape index (κ2) is 8.86. The van der Waals surface area contributed by atoms with Crippen molar-refractivity contribution in [1.82, 2.24) is 0 Å². The van der Waals surface area contributed by atoms with Gasteiger partial charge < -0.3 is 5.32 Å². The average molecular weight is 479 g/mol. The van der Waals surface area contributed by atoms with E-state index in [0.29, 0.717) is 22.1 Å². The van der Waals surface area contributed by atoms with Crippen LogP contribution in [0.5, 0.6) is 0 Å². The maximum Gasteiger partial charge on any atom is 0.262 e. The zero-order valence-electron chi connectivity index (χ0n) is 16.8. The van der Waals surface area contributed by atoms with Gasteiger partial charge in [0.15, 0.2) is 0 Å². The molecule has 3 rings (SSSR count). The molecule has 0 aliphatic carbocycles. The number of hydrogen-bond donors (Lipinski definition) is 2. The largest absolute Gasteiger partial charge is 0.326 e. The van der Waals surface area contributed by atoms with Crippen LogP contribution < -0.4 is 10.0 Å². The molecule has 0 aliphatic rings. The van der Waals surface area contributed by atoms with E-state index in [4.69, 9.17) is 23.2 Å². The standard InChI is InChI=1S/C22H20Cl2N2O4S/c1-22(2,13-23)21(28)25-14-9-11-15(12-10-14)26-31(29,30)19-8-4-5-16-17(19)6-3-7-18(16)20(24)27/h3-12,26H,13H2,1-2H3,(H,25,28). The fourth-order valence-electron chi connectivity index (χ4n) is 2.88. The van der Waals surface area contributed by atoms with E-state index < -0.39 is 20.7 Å². The number of hydrogen-bond acceptors (Lipinski definition) is 4. The first-order valence-electron chi connectivity index (χ1n) is 9.27. The molecule has 31 heavy (non-hydrogen) atoms. The van der Waals surface area contributed by atoms with Crippen LogP contribution in [0.25, 0.3) is 10.8 Å². The molecule has 0 saturated carbocycles. The molecule has 6 nitrogen and oxygen atoms in total. The fraction of sp³-hybridized carbons (Fsp3) is 0.182. The maximum absolute atomic E-state index is 13.0. The number of sulfonamides is 1. The molecule has 162 valence electrons. The third-order valence-corrected chi connectivity index (χ3v) is 7.04. The number of alkyl halides is 1. The van der Waals surface area contributed by atoms with Crippen LogP contribution in [0.1, 0.15) is 24.2 Å². The summed E-state index contributed by atoms with van der Waals surface area (Å²) < 4.78 is 28.6. The molecule has 3 aromatic rings. The minimum atomic E-state index is -3.95. The van der Waals surface area contributed by atoms with E-state index in [1.165, 1.54) is 6.07 Å². The summed E-state index contributed by atoms with van der Waals surface area (Å²) in [4.78, 5) is 23.9. The molecule has 0 saturated heterocycles. The van der Waals surface area contributed by atoms with Gasteiger partial charge in [0.2, 0.25) is 5.91 Å². The van der Waals surface area contributed by atoms with E-state index in [0.717, 1.165) is 0 Å². The minimum absolute atomic E-state index is 0.0195. The second-order valence-corrected chi connectivity index (χ2v) is 9.85. The molecule has 0 fully saturated rings. The zero-order valence-corrected chi connectivity index (χ0v) is 19.1. The van der Waals surface area contributed by atoms with Crippen LogP contribution in [0.2, 0.25) is 0 Å². The Morgan fingerprint density at radius 3 is 2.10 bits per heavy atom. The first kappa shape index (κ1) is 23.1. The van der Waals surface area contributed by atoms with Crippen LogP contribution in [-0.4, -0.2) is 25.4 Å². The molecule has 9 heteroatoms. The highest BCUT2D eigenvalue weighted by atomic mass is 35.5. The molecule has 0 heterocycles. The number of rotatable bonds is 7. The molecule has 2 N–H and O–H groups in total. The van der Waals surface area contributed by atoms with E-state index in [9.17, 15) is 18.0 Å². The minimum Gasteiger partial charge on any atom is -0.326 e. The maximum atomic E-state index is 13.0. The van der Waals surface area contributed by atoms with Crippen molar-refractivity contribution in [2.45, 2.75) is 18.7 Å². The molecule has 0 radical (unpaired) electrons. The Balaban J connectivity index is 1.87. The van der Waals surface area contributed by atoms with E-state index in [-0.39, 0.29) is 22.2 Å². The highest BCUT2D eigenvalue weighted by molar-refractivity contribution is 7.93. The number of carbonyl (C=O) groups is 2. The predicted molar refractivity (Wildman–Crippen MR) is 125 cm³/mol. The molecule has 0 atom stereocenters. The molecule has 1 amide bonds. The highest BCUT2D eigenvalue weighted by Gasteiger charge is 2.26. The molecule has 0 bridgehead atoms. The molecular weight excluding hydrogens is 459 g/mol. The Labute approximate surface area is 190 Å². The van der Waals surface area contributed by atoms with Crippen LogP contribution >= 0.6 is 23.2 Å². The third kappa shape index (κ3) is 5.01. The first-order valence-corrected chi connectivity index (χ1v) is 11.7. The van der Waals surface area contributed by atoms with Gasteiger partial charge in [-0.05, 0) is 67.2 Å². The van der Waals surface area contributed by atoms with Crippen LogP contribution in [0.4, 0.5) is 11.4 Å². The van der Waals surface area contributed by atoms with Crippen molar-refractivity contribution in [3.63, 3.8) is 0 Å². The fourth-order valence-corrected chi connectivity index (χ4v) is 4.45. The summed E-state index contributed by atoms with van der Waals surface area (Å²) in [5, 5.41) is 2.92. The van der Waals surface area contributed by atoms with Gasteiger partial charge >= 0.3 is 0 Å². The molecular formula is C22H20Cl2N2O4S. The summed E-state index contributed by atoms with van der Waals surface area (Å²) in [7, 11) is -3.95. The van der Waals surface area contributed by atoms with Gasteiger partial charge in [0.1, 0.15) is 0 Å². The number of fused-ring (bicyclic) bond motifs is 1. The molecule has 0 aromatic heterocycles. The van der Waals surface area contributed by atoms with Gasteiger partial charge in [0.25, 0.3) is 15.3 Å². The van der Waals surface area contributed by atoms with E-state index in [1.54, 1.807) is 68.4 Å². The molecule has 0 aliphatic heterocycles. The first-order chi connectivity index (χ1) is 14.5. The molecule has 3 aromatic carbocycles. The van der Waals surface area contributed by atoms with Crippen molar-refractivity contribution in [2.24, 2.45) is 5.41 Å². The predicted octanol–water partition coefficient (Wildman–Crippen LogP) is 5.22. The van der Waals surface area contributed by atoms with Crippen LogP contribution in [0, 0.1) is 5.41 Å². The monoisotopic (exact) mass is 478 g/mol. The van der Waals surface area contributed by atoms with Crippen LogP contribution in [0.3, 0.4) is 0 Å². The summed E-state index contributed by atoms with van der Waals surface area (Å²) >= 11 is 11.4. The number of anilines is 2. The van der Waals surface area contributed by atoms with Crippen molar-refractivity contribution < 1.29 is 18.0 Å². The number of carbonyl (C=O) groups excluding carboxylic acids is 2. The normalized spacial score (nSPS) is 11.9. The lowest BCUT2D eigenvalue weighted by Crippen LogP contribution is -2.32. The quantitative estimate of drug-likeness (QED) is 0.359. The Morgan fingerprint density at radius 1 is 0.903 bits per heavy atom. The van der Waals surface area contributed by atoms with Gasteiger partial charge in [-0.3, -0.25) is 14.3 Å². The van der Waals surface area contributed by atoms with Crippen LogP contribution in [0.15, 0.2) is 65.6 Å². The summed E-state index contributed by atoms with van der Waals surface area (Å²) in [6, 6.07) is 15.7. The average Bonchev–Trinajstić information content (AvgIpc) is 2.73. The lowest BCUT2D eigenvalue weighted by molar-refractivity contribution is -0.122. The smallest absolute Gasteiger partial charge is 0.262 e. The van der Waals surface area contributed by atoms with Gasteiger partial charge in [0, 0.05) is 28.2 Å². The summed E-state index contributed by atoms with van der Waals surface area (Å²) in [5.74, 6) is -0.0741. The second-order valence-electron chi connectivity index (χ2n) is 7.59. The number of halogens is 2. The lowest BCUT2D eigenvalue weighted by atomic mass is 9.95. The Morgan fingerprint density at radius 2 is 1.48 bits per heavy atom. The summed E-state index contributed by atoms with van der Waals surface area (Å²) in [6.45, 7) is 3.45. The SMILES string of the molecule is CC(C)(CCl)C(=O)Nc1ccc(NS(=O)(=O)c2cccc3c(C(=O)Cl)cccc23)cc1. The van der Waals surface area contributed by atoms with E-state index in [1.807, 2.05) is 0 Å². The topological polar surface area (TPSA) is 92.3 Å². The van der Waals surface area contributed by atoms with Crippen molar-refractivity contribution in [1.29, 1.82) is 0 Å². The lowest BCUT2D eigenvalue weighted by Gasteiger charge is -2.20. The number of benzene rings is 3. The summed E-state index contributed by atoms with van der Waals surface area (Å²) in [6.07, 6.45) is 0. The number of amides is 1. The molecule has 0 spiro atoms. The van der Waals surface area contributed by atoms with Crippen molar-refractivity contribution >= 4 is 66.5 Å². The van der Waals surface area contributed by atoms with Gasteiger partial charge in [-0.15, -0.1) is 11.6 Å². The van der Waals surface area contributed by atoms with Crippen molar-refractivity contribution in [3.8, 4) is 0 Å². The van der Waals surface area contributed by atoms with Crippen LogP contribution in [-0.2, 0) is 14.8 Å². The third-order valence-electron chi connectivity index (χ3n) is 4.73. The molecule has 0 unspecified atom stereocenters. The Kier molecular flexibility index (Phi) is 6.59. The highest BCUT2D eigenvalue weighted by Crippen LogP contribution is 2.28. The van der Waals surface area contributed by atoms with Gasteiger partial charge in [-0.1, -0.05) is 24.3 Å². The van der Waals surface area contributed by atoms with Crippen molar-refractivity contribution in [2.75, 3.05) is 15.9 Å². The van der Waals surface area contributed by atoms with Gasteiger partial charge in [0.05, 0.1) is 10.3 Å². The van der Waals surface area contributed by atoms with E-state index >= 15 is 0 Å².